The number of hydrogen-bond donors (Lipinski definition) is 0. The third-order valence-electron chi connectivity index (χ3n) is 3.55. The Hall–Kier alpha value is -0.660. The molecule has 0 aliphatic heterocycles. The van der Waals surface area contributed by atoms with E-state index in [2.05, 4.69) is 22.6 Å². The Morgan fingerprint density at radius 1 is 1.35 bits per heavy atom. The van der Waals surface area contributed by atoms with Crippen LogP contribution in [0.3, 0.4) is 0 Å². The van der Waals surface area contributed by atoms with Gasteiger partial charge in [-0.15, -0.1) is 0 Å². The number of carbonyl (C=O) groups excluding carboxylic acids is 3. The highest BCUT2D eigenvalue weighted by atomic mass is 127. The van der Waals surface area contributed by atoms with Gasteiger partial charge in [0.15, 0.2) is 0 Å². The van der Waals surface area contributed by atoms with Crippen LogP contribution in [-0.2, 0) is 23.9 Å². The second kappa shape index (κ2) is 7.95. The van der Waals surface area contributed by atoms with E-state index in [1.807, 2.05) is 0 Å². The highest BCUT2D eigenvalue weighted by Crippen LogP contribution is 2.37. The molecule has 0 aromatic rings. The van der Waals surface area contributed by atoms with Crippen LogP contribution in [0.15, 0.2) is 0 Å². The van der Waals surface area contributed by atoms with Crippen molar-refractivity contribution in [3.8, 4) is 0 Å². The summed E-state index contributed by atoms with van der Waals surface area (Å²) in [6.07, 6.45) is 3.53. The second-order valence-corrected chi connectivity index (χ2v) is 7.13. The Morgan fingerprint density at radius 3 is 2.60 bits per heavy atom. The summed E-state index contributed by atoms with van der Waals surface area (Å²) in [4.78, 5) is 34.3. The van der Waals surface area contributed by atoms with Crippen molar-refractivity contribution in [2.45, 2.75) is 55.5 Å². The minimum atomic E-state index is -0.583. The van der Waals surface area contributed by atoms with Crippen LogP contribution in [0.25, 0.3) is 0 Å². The quantitative estimate of drug-likeness (QED) is 0.316. The molecule has 0 spiro atoms. The van der Waals surface area contributed by atoms with Gasteiger partial charge in [0.25, 0.3) is 0 Å². The van der Waals surface area contributed by atoms with Crippen molar-refractivity contribution in [2.75, 3.05) is 6.61 Å². The number of esters is 2. The van der Waals surface area contributed by atoms with Crippen molar-refractivity contribution in [3.63, 3.8) is 0 Å². The molecule has 114 valence electrons. The van der Waals surface area contributed by atoms with Crippen LogP contribution in [-0.4, -0.2) is 34.4 Å². The third-order valence-corrected chi connectivity index (χ3v) is 5.07. The monoisotopic (exact) mass is 396 g/mol. The zero-order chi connectivity index (χ0) is 15.2. The van der Waals surface area contributed by atoms with E-state index in [4.69, 9.17) is 9.47 Å². The van der Waals surface area contributed by atoms with Gasteiger partial charge in [-0.25, -0.2) is 0 Å². The lowest BCUT2D eigenvalue weighted by Gasteiger charge is -2.32. The Morgan fingerprint density at radius 2 is 2.05 bits per heavy atom. The van der Waals surface area contributed by atoms with Gasteiger partial charge in [-0.1, -0.05) is 29.0 Å². The molecule has 0 aromatic heterocycles. The number of hydrogen-bond acceptors (Lipinski definition) is 5. The smallest absolute Gasteiger partial charge is 0.322 e. The number of ether oxygens (including phenoxy) is 2. The van der Waals surface area contributed by atoms with Gasteiger partial charge in [-0.2, -0.15) is 0 Å². The van der Waals surface area contributed by atoms with E-state index in [0.29, 0.717) is 32.3 Å². The first kappa shape index (κ1) is 17.4. The van der Waals surface area contributed by atoms with Gasteiger partial charge >= 0.3 is 11.9 Å². The minimum absolute atomic E-state index is 0.216. The van der Waals surface area contributed by atoms with Crippen molar-refractivity contribution < 1.29 is 23.9 Å². The van der Waals surface area contributed by atoms with E-state index >= 15 is 0 Å². The van der Waals surface area contributed by atoms with Crippen molar-refractivity contribution in [1.29, 1.82) is 0 Å². The van der Waals surface area contributed by atoms with Gasteiger partial charge in [-0.3, -0.25) is 9.59 Å². The molecule has 6 heteroatoms. The summed E-state index contributed by atoms with van der Waals surface area (Å²) in [5, 5.41) is 0. The molecule has 0 radical (unpaired) electrons. The van der Waals surface area contributed by atoms with Crippen LogP contribution in [0.5, 0.6) is 0 Å². The molecule has 3 atom stereocenters. The van der Waals surface area contributed by atoms with Crippen LogP contribution in [0.1, 0.15) is 46.0 Å². The molecule has 20 heavy (non-hydrogen) atoms. The number of halogens is 1. The fraction of sp³-hybridized carbons (Fsp3) is 0.786. The first-order chi connectivity index (χ1) is 9.42. The van der Waals surface area contributed by atoms with Crippen molar-refractivity contribution in [2.24, 2.45) is 5.92 Å². The highest BCUT2D eigenvalue weighted by Gasteiger charge is 2.40. The van der Waals surface area contributed by atoms with E-state index in [1.165, 1.54) is 6.92 Å². The summed E-state index contributed by atoms with van der Waals surface area (Å²) >= 11 is 2.14. The summed E-state index contributed by atoms with van der Waals surface area (Å²) in [6.45, 7) is 3.47. The van der Waals surface area contributed by atoms with Gasteiger partial charge in [0.1, 0.15) is 15.8 Å². The van der Waals surface area contributed by atoms with Gasteiger partial charge in [-0.05, 0) is 32.6 Å². The predicted molar refractivity (Wildman–Crippen MR) is 81.6 cm³/mol. The summed E-state index contributed by atoms with van der Waals surface area (Å²) in [6, 6.07) is 0. The molecule has 0 N–H and O–H groups in total. The van der Waals surface area contributed by atoms with Crippen molar-refractivity contribution in [3.05, 3.63) is 0 Å². The standard InChI is InChI=1S/C14H21IO5/c1-3-19-13(18)14(15)7-4-5-11(9-16)12(6-8-14)20-10(2)17/h9,11-12H,3-8H2,1-2H3/t11-,12-,14?/m0/s1. The Kier molecular flexibility index (Phi) is 6.91. The Balaban J connectivity index is 2.78. The van der Waals surface area contributed by atoms with Gasteiger partial charge < -0.3 is 14.3 Å². The molecule has 1 fully saturated rings. The molecule has 0 aromatic carbocycles. The molecule has 0 bridgehead atoms. The number of carbonyl (C=O) groups is 3. The third kappa shape index (κ3) is 4.71. The van der Waals surface area contributed by atoms with Crippen LogP contribution in [0.4, 0.5) is 0 Å². The highest BCUT2D eigenvalue weighted by molar-refractivity contribution is 14.1. The molecule has 1 aliphatic rings. The minimum Gasteiger partial charge on any atom is -0.465 e. The van der Waals surface area contributed by atoms with E-state index in [9.17, 15) is 14.4 Å². The molecule has 5 nitrogen and oxygen atoms in total. The Labute approximate surface area is 132 Å². The van der Waals surface area contributed by atoms with Gasteiger partial charge in [0.05, 0.1) is 12.5 Å². The number of rotatable bonds is 4. The van der Waals surface area contributed by atoms with Crippen LogP contribution in [0.2, 0.25) is 0 Å². The normalized spacial score (nSPS) is 30.8. The SMILES string of the molecule is CCOC(=O)C1(I)CCC[C@@H](C=O)[C@@H](OC(C)=O)CC1. The summed E-state index contributed by atoms with van der Waals surface area (Å²) in [7, 11) is 0. The van der Waals surface area contributed by atoms with E-state index < -0.39 is 15.5 Å². The second-order valence-electron chi connectivity index (χ2n) is 5.06. The molecule has 1 aliphatic carbocycles. The molecule has 1 rings (SSSR count). The molecule has 0 saturated heterocycles. The molecular formula is C14H21IO5. The molecule has 1 unspecified atom stereocenters. The van der Waals surface area contributed by atoms with Crippen LogP contribution in [0, 0.1) is 5.92 Å². The zero-order valence-electron chi connectivity index (χ0n) is 11.9. The van der Waals surface area contributed by atoms with Crippen molar-refractivity contribution >= 4 is 40.8 Å². The van der Waals surface area contributed by atoms with Crippen LogP contribution < -0.4 is 0 Å². The number of alkyl halides is 1. The maximum atomic E-state index is 12.1. The summed E-state index contributed by atoms with van der Waals surface area (Å²) in [5.74, 6) is -0.883. The van der Waals surface area contributed by atoms with E-state index in [0.717, 1.165) is 12.7 Å². The lowest BCUT2D eigenvalue weighted by Crippen LogP contribution is -2.39. The Bertz CT molecular complexity index is 371. The number of aldehydes is 1. The molecular weight excluding hydrogens is 375 g/mol. The van der Waals surface area contributed by atoms with E-state index in [-0.39, 0.29) is 11.9 Å². The molecule has 0 heterocycles. The van der Waals surface area contributed by atoms with Gasteiger partial charge in [0.2, 0.25) is 0 Å². The zero-order valence-corrected chi connectivity index (χ0v) is 14.1. The molecule has 1 saturated carbocycles. The lowest BCUT2D eigenvalue weighted by atomic mass is 9.84. The lowest BCUT2D eigenvalue weighted by molar-refractivity contribution is -0.151. The topological polar surface area (TPSA) is 69.7 Å². The fourth-order valence-electron chi connectivity index (χ4n) is 2.49. The van der Waals surface area contributed by atoms with E-state index in [1.54, 1.807) is 6.92 Å². The average molecular weight is 396 g/mol. The predicted octanol–water partition coefficient (Wildman–Crippen LogP) is 2.43. The maximum absolute atomic E-state index is 12.1. The van der Waals surface area contributed by atoms with Crippen LogP contribution >= 0.6 is 22.6 Å². The first-order valence-corrected chi connectivity index (χ1v) is 7.99. The van der Waals surface area contributed by atoms with Crippen molar-refractivity contribution in [1.82, 2.24) is 0 Å². The van der Waals surface area contributed by atoms with Gasteiger partial charge in [0, 0.05) is 6.92 Å². The summed E-state index contributed by atoms with van der Waals surface area (Å²) in [5.41, 5.74) is 0. The first-order valence-electron chi connectivity index (χ1n) is 6.91. The fourth-order valence-corrected chi connectivity index (χ4v) is 3.34. The molecule has 0 amide bonds. The average Bonchev–Trinajstić information content (AvgIpc) is 2.38. The largest absolute Gasteiger partial charge is 0.465 e. The summed E-state index contributed by atoms with van der Waals surface area (Å²) < 4.78 is 9.78. The maximum Gasteiger partial charge on any atom is 0.322 e.